The van der Waals surface area contributed by atoms with Crippen molar-refractivity contribution in [2.45, 2.75) is 19.3 Å². The lowest BCUT2D eigenvalue weighted by Gasteiger charge is -2.35. The quantitative estimate of drug-likeness (QED) is 0.486. The molecule has 5 rings (SSSR count). The van der Waals surface area contributed by atoms with E-state index in [9.17, 15) is 4.79 Å². The monoisotopic (exact) mass is 423 g/mol. The molecule has 4 heterocycles. The zero-order valence-corrected chi connectivity index (χ0v) is 17.6. The number of rotatable bonds is 5. The van der Waals surface area contributed by atoms with Gasteiger partial charge in [0.25, 0.3) is 0 Å². The average molecular weight is 424 g/mol. The van der Waals surface area contributed by atoms with E-state index in [1.54, 1.807) is 29.0 Å². The van der Waals surface area contributed by atoms with Gasteiger partial charge in [0.05, 0.1) is 20.6 Å². The van der Waals surface area contributed by atoms with Crippen molar-refractivity contribution < 1.29 is 4.79 Å². The maximum absolute atomic E-state index is 12.6. The van der Waals surface area contributed by atoms with E-state index in [1.807, 2.05) is 28.5 Å². The predicted molar refractivity (Wildman–Crippen MR) is 119 cm³/mol. The summed E-state index contributed by atoms with van der Waals surface area (Å²) in [6.07, 6.45) is 3.92. The molecule has 0 radical (unpaired) electrons. The van der Waals surface area contributed by atoms with Gasteiger partial charge in [-0.1, -0.05) is 12.1 Å². The first-order chi connectivity index (χ1) is 14.3. The predicted octanol–water partition coefficient (Wildman–Crippen LogP) is 3.97. The van der Waals surface area contributed by atoms with Crippen molar-refractivity contribution in [2.75, 3.05) is 31.1 Å². The Labute approximate surface area is 176 Å². The smallest absolute Gasteiger partial charge is 0.222 e. The van der Waals surface area contributed by atoms with E-state index in [0.717, 1.165) is 65.6 Å². The van der Waals surface area contributed by atoms with Crippen LogP contribution in [0.4, 0.5) is 5.82 Å². The van der Waals surface area contributed by atoms with Gasteiger partial charge in [-0.25, -0.2) is 15.0 Å². The summed E-state index contributed by atoms with van der Waals surface area (Å²) in [4.78, 5) is 31.4. The van der Waals surface area contributed by atoms with Crippen molar-refractivity contribution in [3.8, 4) is 0 Å². The second-order valence-electron chi connectivity index (χ2n) is 7.13. The van der Waals surface area contributed by atoms with E-state index in [4.69, 9.17) is 0 Å². The molecule has 0 atom stereocenters. The van der Waals surface area contributed by atoms with Gasteiger partial charge in [-0.05, 0) is 36.4 Å². The number of piperazine rings is 1. The number of aromatic nitrogens is 3. The third-order valence-electron chi connectivity index (χ3n) is 5.29. The first kappa shape index (κ1) is 18.4. The van der Waals surface area contributed by atoms with Gasteiger partial charge >= 0.3 is 0 Å². The zero-order chi connectivity index (χ0) is 19.6. The summed E-state index contributed by atoms with van der Waals surface area (Å²) in [6.45, 7) is 3.11. The molecule has 1 aromatic carbocycles. The van der Waals surface area contributed by atoms with Crippen LogP contribution in [0, 0.1) is 0 Å². The van der Waals surface area contributed by atoms with Crippen LogP contribution in [0.15, 0.2) is 42.0 Å². The maximum Gasteiger partial charge on any atom is 0.222 e. The Morgan fingerprint density at radius 2 is 1.93 bits per heavy atom. The molecule has 0 spiro atoms. The fourth-order valence-electron chi connectivity index (χ4n) is 3.77. The Morgan fingerprint density at radius 3 is 2.79 bits per heavy atom. The van der Waals surface area contributed by atoms with Gasteiger partial charge in [0.15, 0.2) is 0 Å². The van der Waals surface area contributed by atoms with Crippen molar-refractivity contribution >= 4 is 54.8 Å². The molecule has 4 aromatic rings. The molecule has 0 unspecified atom stereocenters. The van der Waals surface area contributed by atoms with Crippen LogP contribution in [0.3, 0.4) is 0 Å². The Kier molecular flexibility index (Phi) is 5.12. The topological polar surface area (TPSA) is 62.2 Å². The standard InChI is InChI=1S/C21H21N5OS2/c27-19(7-3-6-18-24-16-4-1-2-5-17(16)29-18)25-9-11-26(12-10-25)20-15-8-13-28-21(15)23-14-22-20/h1-2,4-5,8,13-14H,3,6-7,9-12H2. The molecule has 0 saturated carbocycles. The van der Waals surface area contributed by atoms with Crippen LogP contribution in [0.5, 0.6) is 0 Å². The number of aryl methyl sites for hydroxylation is 1. The summed E-state index contributed by atoms with van der Waals surface area (Å²) in [5, 5.41) is 4.27. The molecular weight excluding hydrogens is 402 g/mol. The SMILES string of the molecule is O=C(CCCc1nc2ccccc2s1)N1CCN(c2ncnc3sccc23)CC1. The van der Waals surface area contributed by atoms with Crippen LogP contribution in [-0.4, -0.2) is 51.9 Å². The molecule has 8 heteroatoms. The van der Waals surface area contributed by atoms with Gasteiger partial charge in [0.1, 0.15) is 17.0 Å². The van der Waals surface area contributed by atoms with Crippen LogP contribution >= 0.6 is 22.7 Å². The first-order valence-electron chi connectivity index (χ1n) is 9.83. The van der Waals surface area contributed by atoms with Gasteiger partial charge in [-0.2, -0.15) is 0 Å². The molecule has 29 heavy (non-hydrogen) atoms. The van der Waals surface area contributed by atoms with Crippen molar-refractivity contribution in [3.05, 3.63) is 47.0 Å². The molecule has 1 aliphatic rings. The van der Waals surface area contributed by atoms with Crippen molar-refractivity contribution in [1.29, 1.82) is 0 Å². The number of fused-ring (bicyclic) bond motifs is 2. The molecule has 1 aliphatic heterocycles. The summed E-state index contributed by atoms with van der Waals surface area (Å²) < 4.78 is 1.22. The van der Waals surface area contributed by atoms with E-state index < -0.39 is 0 Å². The highest BCUT2D eigenvalue weighted by Gasteiger charge is 2.23. The number of amides is 1. The molecule has 0 bridgehead atoms. The van der Waals surface area contributed by atoms with Crippen molar-refractivity contribution in [1.82, 2.24) is 19.9 Å². The third kappa shape index (κ3) is 3.82. The summed E-state index contributed by atoms with van der Waals surface area (Å²) in [7, 11) is 0. The maximum atomic E-state index is 12.6. The van der Waals surface area contributed by atoms with E-state index in [2.05, 4.69) is 32.0 Å². The number of thiophene rings is 1. The highest BCUT2D eigenvalue weighted by Crippen LogP contribution is 2.27. The Hall–Kier alpha value is -2.58. The molecule has 0 N–H and O–H groups in total. The van der Waals surface area contributed by atoms with Crippen molar-refractivity contribution in [2.24, 2.45) is 0 Å². The number of nitrogens with zero attached hydrogens (tertiary/aromatic N) is 5. The number of carbonyl (C=O) groups excluding carboxylic acids is 1. The summed E-state index contributed by atoms with van der Waals surface area (Å²) in [5.74, 6) is 1.23. The second kappa shape index (κ2) is 8.04. The number of hydrogen-bond acceptors (Lipinski definition) is 7. The van der Waals surface area contributed by atoms with Gasteiger partial charge in [-0.15, -0.1) is 22.7 Å². The number of anilines is 1. The van der Waals surface area contributed by atoms with E-state index in [0.29, 0.717) is 6.42 Å². The zero-order valence-electron chi connectivity index (χ0n) is 16.0. The largest absolute Gasteiger partial charge is 0.352 e. The molecule has 1 fully saturated rings. The molecule has 1 amide bonds. The van der Waals surface area contributed by atoms with Gasteiger partial charge < -0.3 is 9.80 Å². The number of benzene rings is 1. The fraction of sp³-hybridized carbons (Fsp3) is 0.333. The van der Waals surface area contributed by atoms with Crippen LogP contribution in [0.25, 0.3) is 20.4 Å². The normalized spacial score (nSPS) is 14.8. The average Bonchev–Trinajstić information content (AvgIpc) is 3.40. The van der Waals surface area contributed by atoms with E-state index in [-0.39, 0.29) is 5.91 Å². The summed E-state index contributed by atoms with van der Waals surface area (Å²) in [6, 6.07) is 10.3. The Bertz CT molecular complexity index is 1110. The molecule has 1 saturated heterocycles. The fourth-order valence-corrected chi connectivity index (χ4v) is 5.51. The lowest BCUT2D eigenvalue weighted by molar-refractivity contribution is -0.131. The highest BCUT2D eigenvalue weighted by molar-refractivity contribution is 7.18. The second-order valence-corrected chi connectivity index (χ2v) is 9.14. The minimum absolute atomic E-state index is 0.245. The molecule has 6 nitrogen and oxygen atoms in total. The number of thiazole rings is 1. The first-order valence-corrected chi connectivity index (χ1v) is 11.5. The minimum atomic E-state index is 0.245. The van der Waals surface area contributed by atoms with Crippen LogP contribution in [-0.2, 0) is 11.2 Å². The van der Waals surface area contributed by atoms with E-state index in [1.165, 1.54) is 4.70 Å². The number of hydrogen-bond donors (Lipinski definition) is 0. The Morgan fingerprint density at radius 1 is 1.07 bits per heavy atom. The lowest BCUT2D eigenvalue weighted by Crippen LogP contribution is -2.49. The lowest BCUT2D eigenvalue weighted by atomic mass is 10.2. The van der Waals surface area contributed by atoms with Crippen LogP contribution < -0.4 is 4.90 Å². The Balaban J connectivity index is 1.14. The van der Waals surface area contributed by atoms with Gasteiger partial charge in [0.2, 0.25) is 5.91 Å². The molecule has 0 aliphatic carbocycles. The summed E-state index contributed by atoms with van der Waals surface area (Å²) >= 11 is 3.36. The molecule has 148 valence electrons. The number of carbonyl (C=O) groups is 1. The summed E-state index contributed by atoms with van der Waals surface area (Å²) in [5.41, 5.74) is 1.06. The molecular formula is C21H21N5OS2. The van der Waals surface area contributed by atoms with E-state index >= 15 is 0 Å². The van der Waals surface area contributed by atoms with Gasteiger partial charge in [-0.3, -0.25) is 4.79 Å². The van der Waals surface area contributed by atoms with Crippen molar-refractivity contribution in [3.63, 3.8) is 0 Å². The van der Waals surface area contributed by atoms with Gasteiger partial charge in [0, 0.05) is 32.6 Å². The molecule has 3 aromatic heterocycles. The minimum Gasteiger partial charge on any atom is -0.352 e. The third-order valence-corrected chi connectivity index (χ3v) is 7.21. The van der Waals surface area contributed by atoms with Crippen LogP contribution in [0.1, 0.15) is 17.8 Å². The number of para-hydroxylation sites is 1. The van der Waals surface area contributed by atoms with Crippen LogP contribution in [0.2, 0.25) is 0 Å². The highest BCUT2D eigenvalue weighted by atomic mass is 32.1.